The molecule has 1 aromatic heterocycles. The first-order valence-electron chi connectivity index (χ1n) is 13.1. The number of thiophene rings is 1. The Bertz CT molecular complexity index is 1570. The second-order valence-electron chi connectivity index (χ2n) is 9.75. The topological polar surface area (TPSA) is 128 Å². The Morgan fingerprint density at radius 1 is 0.950 bits per heavy atom. The molecule has 0 aliphatic carbocycles. The summed E-state index contributed by atoms with van der Waals surface area (Å²) in [4.78, 5) is 40.9. The lowest BCUT2D eigenvalue weighted by Gasteiger charge is -2.30. The van der Waals surface area contributed by atoms with Crippen molar-refractivity contribution in [3.63, 3.8) is 0 Å². The van der Waals surface area contributed by atoms with Crippen molar-refractivity contribution in [1.82, 2.24) is 15.8 Å². The Morgan fingerprint density at radius 2 is 1.70 bits per heavy atom. The van der Waals surface area contributed by atoms with Crippen LogP contribution < -0.4 is 20.5 Å². The van der Waals surface area contributed by atoms with Crippen LogP contribution in [0.25, 0.3) is 0 Å². The smallest absolute Gasteiger partial charge is 0.272 e. The second kappa shape index (κ2) is 11.4. The molecular weight excluding hydrogens is 550 g/mol. The molecule has 12 heteroatoms. The van der Waals surface area contributed by atoms with Gasteiger partial charge in [-0.1, -0.05) is 25.1 Å². The van der Waals surface area contributed by atoms with E-state index in [0.29, 0.717) is 35.8 Å². The maximum atomic E-state index is 13.5. The molecule has 0 unspecified atom stereocenters. The number of hydrazine groups is 1. The van der Waals surface area contributed by atoms with E-state index < -0.39 is 27.7 Å². The number of para-hydroxylation sites is 1. The molecule has 0 atom stereocenters. The van der Waals surface area contributed by atoms with E-state index in [0.717, 1.165) is 41.9 Å². The van der Waals surface area contributed by atoms with Crippen molar-refractivity contribution < 1.29 is 22.8 Å². The summed E-state index contributed by atoms with van der Waals surface area (Å²) < 4.78 is 28.4. The largest absolute Gasteiger partial charge is 0.313 e. The van der Waals surface area contributed by atoms with Gasteiger partial charge in [0.05, 0.1) is 16.1 Å². The molecule has 210 valence electrons. The Morgan fingerprint density at radius 3 is 2.42 bits per heavy atom. The Hall–Kier alpha value is -3.74. The predicted octanol–water partition coefficient (Wildman–Crippen LogP) is 3.30. The lowest BCUT2D eigenvalue weighted by atomic mass is 10.0. The van der Waals surface area contributed by atoms with Crippen LogP contribution in [0.1, 0.15) is 57.0 Å². The highest BCUT2D eigenvalue weighted by molar-refractivity contribution is 7.92. The predicted molar refractivity (Wildman–Crippen MR) is 154 cm³/mol. The summed E-state index contributed by atoms with van der Waals surface area (Å²) in [5.41, 5.74) is 7.84. The van der Waals surface area contributed by atoms with Crippen molar-refractivity contribution >= 4 is 49.8 Å². The van der Waals surface area contributed by atoms with E-state index in [-0.39, 0.29) is 10.5 Å². The number of amides is 3. The fourth-order valence-corrected chi connectivity index (χ4v) is 7.91. The van der Waals surface area contributed by atoms with Gasteiger partial charge in [0.15, 0.2) is 0 Å². The molecule has 3 heterocycles. The maximum absolute atomic E-state index is 13.5. The summed E-state index contributed by atoms with van der Waals surface area (Å²) in [6.45, 7) is 6.07. The molecule has 3 aromatic rings. The summed E-state index contributed by atoms with van der Waals surface area (Å²) >= 11 is 1.34. The fraction of sp³-hybridized carbons (Fsp3) is 0.321. The Kier molecular flexibility index (Phi) is 7.92. The molecule has 3 amide bonds. The van der Waals surface area contributed by atoms with Gasteiger partial charge in [0.2, 0.25) is 5.91 Å². The number of fused-ring (bicyclic) bond motifs is 2. The van der Waals surface area contributed by atoms with Crippen molar-refractivity contribution in [2.45, 2.75) is 44.6 Å². The van der Waals surface area contributed by atoms with Gasteiger partial charge in [0, 0.05) is 37.0 Å². The molecule has 40 heavy (non-hydrogen) atoms. The van der Waals surface area contributed by atoms with Crippen LogP contribution in [0.15, 0.2) is 53.4 Å². The van der Waals surface area contributed by atoms with Crippen molar-refractivity contribution in [1.29, 1.82) is 0 Å². The van der Waals surface area contributed by atoms with Crippen molar-refractivity contribution in [2.75, 3.05) is 29.3 Å². The molecule has 0 spiro atoms. The molecular formula is C28H31N5O5S2. The van der Waals surface area contributed by atoms with Crippen LogP contribution in [0.3, 0.4) is 0 Å². The minimum absolute atomic E-state index is 0.0994. The van der Waals surface area contributed by atoms with E-state index in [4.69, 9.17) is 0 Å². The average molecular weight is 582 g/mol. The van der Waals surface area contributed by atoms with Crippen LogP contribution in [0, 0.1) is 0 Å². The minimum Gasteiger partial charge on any atom is -0.313 e. The first-order chi connectivity index (χ1) is 19.2. The van der Waals surface area contributed by atoms with E-state index in [2.05, 4.69) is 28.0 Å². The van der Waals surface area contributed by atoms with Crippen LogP contribution in [0.2, 0.25) is 0 Å². The molecule has 10 nitrogen and oxygen atoms in total. The zero-order valence-electron chi connectivity index (χ0n) is 22.3. The number of hydrogen-bond acceptors (Lipinski definition) is 7. The van der Waals surface area contributed by atoms with Crippen LogP contribution in [-0.2, 0) is 34.2 Å². The van der Waals surface area contributed by atoms with Gasteiger partial charge in [-0.15, -0.1) is 11.3 Å². The van der Waals surface area contributed by atoms with Gasteiger partial charge in [0.25, 0.3) is 21.8 Å². The highest BCUT2D eigenvalue weighted by Crippen LogP contribution is 2.37. The van der Waals surface area contributed by atoms with Gasteiger partial charge >= 0.3 is 0 Å². The van der Waals surface area contributed by atoms with Gasteiger partial charge in [-0.2, -0.15) is 0 Å². The summed E-state index contributed by atoms with van der Waals surface area (Å²) in [6.07, 6.45) is 2.20. The van der Waals surface area contributed by atoms with Crippen LogP contribution in [0.4, 0.5) is 10.7 Å². The Labute approximate surface area is 237 Å². The van der Waals surface area contributed by atoms with E-state index in [1.165, 1.54) is 46.8 Å². The number of nitrogens with one attached hydrogen (secondary N) is 3. The zero-order chi connectivity index (χ0) is 28.4. The van der Waals surface area contributed by atoms with Gasteiger partial charge < -0.3 is 5.32 Å². The zero-order valence-corrected chi connectivity index (χ0v) is 24.0. The highest BCUT2D eigenvalue weighted by Gasteiger charge is 2.30. The number of aryl methyl sites for hydroxylation is 1. The number of nitrogens with zero attached hydrogens (tertiary/aromatic N) is 2. The second-order valence-corrected chi connectivity index (χ2v) is 12.7. The molecule has 0 saturated carbocycles. The van der Waals surface area contributed by atoms with Gasteiger partial charge in [-0.05, 0) is 67.3 Å². The van der Waals surface area contributed by atoms with Gasteiger partial charge in [0.1, 0.15) is 5.00 Å². The number of benzene rings is 2. The van der Waals surface area contributed by atoms with E-state index >= 15 is 0 Å². The molecule has 0 fully saturated rings. The maximum Gasteiger partial charge on any atom is 0.272 e. The third-order valence-electron chi connectivity index (χ3n) is 7.16. The van der Waals surface area contributed by atoms with Gasteiger partial charge in [-0.3, -0.25) is 34.4 Å². The summed E-state index contributed by atoms with van der Waals surface area (Å²) in [7, 11) is -3.81. The number of carbonyl (C=O) groups is 3. The third-order valence-corrected chi connectivity index (χ3v) is 10.1. The summed E-state index contributed by atoms with van der Waals surface area (Å²) in [5.74, 6) is -1.38. The monoisotopic (exact) mass is 581 g/mol. The number of sulfonamides is 1. The first kappa shape index (κ1) is 27.8. The molecule has 5 rings (SSSR count). The first-order valence-corrected chi connectivity index (χ1v) is 15.4. The lowest BCUT2D eigenvalue weighted by molar-refractivity contribution is -0.119. The number of anilines is 2. The van der Waals surface area contributed by atoms with Gasteiger partial charge in [-0.25, -0.2) is 8.42 Å². The normalized spacial score (nSPS) is 15.1. The molecule has 0 radical (unpaired) electrons. The quantitative estimate of drug-likeness (QED) is 0.384. The standard InChI is InChI=1S/C28H31N5O5S2/c1-3-32-16-14-22-24(17-32)39-28(25(22)27(36)31-30-18(2)34)29-26(35)20-10-12-21(13-11-20)40(37,38)33-15-6-8-19-7-4-5-9-23(19)33/h4-5,7,9-13H,3,6,8,14-17H2,1-2H3,(H,29,35)(H,30,34)(H,31,36). The molecule has 0 saturated heterocycles. The van der Waals surface area contributed by atoms with Crippen LogP contribution >= 0.6 is 11.3 Å². The number of likely N-dealkylation sites (N-methyl/N-ethyl adjacent to an activating group) is 1. The number of carbonyl (C=O) groups excluding carboxylic acids is 3. The molecule has 2 aliphatic rings. The van der Waals surface area contributed by atoms with Crippen molar-refractivity contribution in [2.24, 2.45) is 0 Å². The van der Waals surface area contributed by atoms with Crippen LogP contribution in [0.5, 0.6) is 0 Å². The molecule has 3 N–H and O–H groups in total. The van der Waals surface area contributed by atoms with E-state index in [9.17, 15) is 22.8 Å². The number of rotatable bonds is 6. The van der Waals surface area contributed by atoms with E-state index in [1.807, 2.05) is 24.3 Å². The molecule has 0 bridgehead atoms. The minimum atomic E-state index is -3.81. The highest BCUT2D eigenvalue weighted by atomic mass is 32.2. The number of hydrogen-bond donors (Lipinski definition) is 3. The third kappa shape index (κ3) is 5.47. The fourth-order valence-electron chi connectivity index (χ4n) is 5.09. The van der Waals surface area contributed by atoms with E-state index in [1.54, 1.807) is 0 Å². The molecule has 2 aliphatic heterocycles. The molecule has 2 aromatic carbocycles. The Balaban J connectivity index is 1.38. The van der Waals surface area contributed by atoms with Crippen LogP contribution in [-0.4, -0.2) is 50.7 Å². The van der Waals surface area contributed by atoms with Crippen molar-refractivity contribution in [3.05, 3.63) is 75.7 Å². The van der Waals surface area contributed by atoms with Crippen molar-refractivity contribution in [3.8, 4) is 0 Å². The SMILES string of the molecule is CCN1CCc2c(sc(NC(=O)c3ccc(S(=O)(=O)N4CCCc5ccccc54)cc3)c2C(=O)NNC(C)=O)C1. The average Bonchev–Trinajstić information content (AvgIpc) is 3.32. The summed E-state index contributed by atoms with van der Waals surface area (Å²) in [5, 5.41) is 3.23. The lowest BCUT2D eigenvalue weighted by Crippen LogP contribution is -2.41. The summed E-state index contributed by atoms with van der Waals surface area (Å²) in [6, 6.07) is 13.3.